The maximum atomic E-state index is 12.4. The van der Waals surface area contributed by atoms with Gasteiger partial charge < -0.3 is 5.32 Å². The number of anilines is 1. The van der Waals surface area contributed by atoms with E-state index in [-0.39, 0.29) is 42.5 Å². The number of imide groups is 1. The van der Waals surface area contributed by atoms with Crippen molar-refractivity contribution in [1.29, 1.82) is 0 Å². The second-order valence-corrected chi connectivity index (χ2v) is 6.84. The first kappa shape index (κ1) is 16.5. The molecule has 0 bridgehead atoms. The molecule has 0 radical (unpaired) electrons. The molecule has 0 aromatic heterocycles. The van der Waals surface area contributed by atoms with Gasteiger partial charge >= 0.3 is 0 Å². The van der Waals surface area contributed by atoms with Crippen molar-refractivity contribution in [2.24, 2.45) is 11.8 Å². The van der Waals surface area contributed by atoms with Crippen LogP contribution in [0, 0.1) is 11.8 Å². The zero-order valence-corrected chi connectivity index (χ0v) is 14.4. The van der Waals surface area contributed by atoms with E-state index >= 15 is 0 Å². The Kier molecular flexibility index (Phi) is 4.29. The zero-order chi connectivity index (χ0) is 18.1. The molecule has 0 unspecified atom stereocenters. The Bertz CT molecular complexity index is 892. The smallest absolute Gasteiger partial charge is 0.233 e. The molecule has 2 aliphatic rings. The fourth-order valence-corrected chi connectivity index (χ4v) is 3.79. The van der Waals surface area contributed by atoms with Gasteiger partial charge in [-0.1, -0.05) is 42.5 Å². The highest BCUT2D eigenvalue weighted by Gasteiger charge is 2.46. The second kappa shape index (κ2) is 6.75. The fraction of sp³-hybridized carbons (Fsp3) is 0.286. The van der Waals surface area contributed by atoms with Crippen molar-refractivity contribution in [3.05, 3.63) is 54.6 Å². The molecule has 5 nitrogen and oxygen atoms in total. The van der Waals surface area contributed by atoms with Gasteiger partial charge in [-0.3, -0.25) is 19.3 Å². The van der Waals surface area contributed by atoms with E-state index in [2.05, 4.69) is 5.32 Å². The molecule has 1 heterocycles. The Morgan fingerprint density at radius 3 is 2.31 bits per heavy atom. The SMILES string of the molecule is O=C(CCN1C(=O)[C@H]2CC=CC[C@H]2C1=O)Nc1ccc2ccccc2c1. The van der Waals surface area contributed by atoms with Crippen LogP contribution in [0.5, 0.6) is 0 Å². The predicted molar refractivity (Wildman–Crippen MR) is 99.3 cm³/mol. The number of hydrogen-bond acceptors (Lipinski definition) is 3. The average Bonchev–Trinajstić information content (AvgIpc) is 2.91. The first-order valence-electron chi connectivity index (χ1n) is 8.92. The molecule has 0 spiro atoms. The number of rotatable bonds is 4. The number of amides is 3. The molecule has 2 aromatic rings. The molecule has 1 saturated heterocycles. The lowest BCUT2D eigenvalue weighted by molar-refractivity contribution is -0.140. The first-order chi connectivity index (χ1) is 12.6. The number of allylic oxidation sites excluding steroid dienone is 2. The van der Waals surface area contributed by atoms with E-state index in [4.69, 9.17) is 0 Å². The van der Waals surface area contributed by atoms with Crippen LogP contribution in [0.4, 0.5) is 5.69 Å². The van der Waals surface area contributed by atoms with Crippen LogP contribution in [0.3, 0.4) is 0 Å². The van der Waals surface area contributed by atoms with Crippen molar-refractivity contribution < 1.29 is 14.4 Å². The van der Waals surface area contributed by atoms with Gasteiger partial charge in [0, 0.05) is 18.7 Å². The summed E-state index contributed by atoms with van der Waals surface area (Å²) in [5, 5.41) is 5.00. The lowest BCUT2D eigenvalue weighted by Crippen LogP contribution is -2.34. The number of benzene rings is 2. The molecule has 4 rings (SSSR count). The van der Waals surface area contributed by atoms with E-state index < -0.39 is 0 Å². The summed E-state index contributed by atoms with van der Waals surface area (Å²) in [7, 11) is 0. The van der Waals surface area contributed by atoms with Gasteiger partial charge in [0.15, 0.2) is 0 Å². The summed E-state index contributed by atoms with van der Waals surface area (Å²) in [5.41, 5.74) is 0.714. The maximum Gasteiger partial charge on any atom is 0.233 e. The molecular weight excluding hydrogens is 328 g/mol. The van der Waals surface area contributed by atoms with Crippen LogP contribution < -0.4 is 5.32 Å². The standard InChI is InChI=1S/C21H20N2O3/c24-19(22-16-10-9-14-5-1-2-6-15(14)13-16)11-12-23-20(25)17-7-3-4-8-18(17)21(23)26/h1-6,9-10,13,17-18H,7-8,11-12H2,(H,22,24)/t17-,18+. The minimum absolute atomic E-state index is 0.108. The Morgan fingerprint density at radius 1 is 0.962 bits per heavy atom. The number of nitrogens with one attached hydrogen (secondary N) is 1. The molecule has 2 aromatic carbocycles. The summed E-state index contributed by atoms with van der Waals surface area (Å²) in [5.74, 6) is -0.952. The summed E-state index contributed by atoms with van der Waals surface area (Å²) in [6.45, 7) is 0.143. The van der Waals surface area contributed by atoms with Gasteiger partial charge in [-0.05, 0) is 35.7 Å². The topological polar surface area (TPSA) is 66.5 Å². The molecule has 26 heavy (non-hydrogen) atoms. The van der Waals surface area contributed by atoms with Crippen molar-refractivity contribution >= 4 is 34.2 Å². The second-order valence-electron chi connectivity index (χ2n) is 6.84. The Balaban J connectivity index is 1.37. The van der Waals surface area contributed by atoms with E-state index in [1.54, 1.807) is 0 Å². The number of carbonyl (C=O) groups is 3. The van der Waals surface area contributed by atoms with Crippen molar-refractivity contribution in [2.75, 3.05) is 11.9 Å². The van der Waals surface area contributed by atoms with Crippen molar-refractivity contribution in [2.45, 2.75) is 19.3 Å². The zero-order valence-electron chi connectivity index (χ0n) is 14.4. The highest BCUT2D eigenvalue weighted by molar-refractivity contribution is 6.06. The van der Waals surface area contributed by atoms with E-state index in [0.29, 0.717) is 18.5 Å². The number of fused-ring (bicyclic) bond motifs is 2. The van der Waals surface area contributed by atoms with Crippen LogP contribution >= 0.6 is 0 Å². The van der Waals surface area contributed by atoms with Gasteiger partial charge in [0.2, 0.25) is 17.7 Å². The van der Waals surface area contributed by atoms with Crippen LogP contribution in [-0.2, 0) is 14.4 Å². The summed E-state index contributed by atoms with van der Waals surface area (Å²) in [6.07, 6.45) is 5.27. The summed E-state index contributed by atoms with van der Waals surface area (Å²) < 4.78 is 0. The molecule has 132 valence electrons. The van der Waals surface area contributed by atoms with Gasteiger partial charge in [-0.25, -0.2) is 0 Å². The minimum atomic E-state index is -0.240. The van der Waals surface area contributed by atoms with Gasteiger partial charge in [-0.15, -0.1) is 0 Å². The van der Waals surface area contributed by atoms with Gasteiger partial charge in [-0.2, -0.15) is 0 Å². The third kappa shape index (κ3) is 3.01. The van der Waals surface area contributed by atoms with Crippen LogP contribution in [0.2, 0.25) is 0 Å². The highest BCUT2D eigenvalue weighted by Crippen LogP contribution is 2.35. The van der Waals surface area contributed by atoms with E-state index in [1.807, 2.05) is 54.6 Å². The Hall–Kier alpha value is -2.95. The largest absolute Gasteiger partial charge is 0.326 e. The van der Waals surface area contributed by atoms with Gasteiger partial charge in [0.1, 0.15) is 0 Å². The van der Waals surface area contributed by atoms with Crippen LogP contribution in [0.15, 0.2) is 54.6 Å². The summed E-state index contributed by atoms with van der Waals surface area (Å²) in [6, 6.07) is 13.6. The summed E-state index contributed by atoms with van der Waals surface area (Å²) in [4.78, 5) is 38.3. The van der Waals surface area contributed by atoms with Crippen molar-refractivity contribution in [3.63, 3.8) is 0 Å². The first-order valence-corrected chi connectivity index (χ1v) is 8.92. The monoisotopic (exact) mass is 348 g/mol. The summed E-state index contributed by atoms with van der Waals surface area (Å²) >= 11 is 0. The number of likely N-dealkylation sites (tertiary alicyclic amines) is 1. The van der Waals surface area contributed by atoms with Crippen LogP contribution in [-0.4, -0.2) is 29.2 Å². The number of nitrogens with zero attached hydrogens (tertiary/aromatic N) is 1. The van der Waals surface area contributed by atoms with E-state index in [0.717, 1.165) is 10.8 Å². The third-order valence-electron chi connectivity index (χ3n) is 5.19. The molecule has 2 atom stereocenters. The van der Waals surface area contributed by atoms with Crippen LogP contribution in [0.25, 0.3) is 10.8 Å². The Labute approximate surface area is 151 Å². The fourth-order valence-electron chi connectivity index (χ4n) is 3.79. The van der Waals surface area contributed by atoms with E-state index in [9.17, 15) is 14.4 Å². The minimum Gasteiger partial charge on any atom is -0.326 e. The molecule has 0 saturated carbocycles. The predicted octanol–water partition coefficient (Wildman–Crippen LogP) is 3.12. The third-order valence-corrected chi connectivity index (χ3v) is 5.19. The molecule has 5 heteroatoms. The van der Waals surface area contributed by atoms with Gasteiger partial charge in [0.25, 0.3) is 0 Å². The van der Waals surface area contributed by atoms with Gasteiger partial charge in [0.05, 0.1) is 11.8 Å². The lowest BCUT2D eigenvalue weighted by atomic mass is 9.85. The molecule has 1 fully saturated rings. The molecule has 3 amide bonds. The number of hydrogen-bond donors (Lipinski definition) is 1. The average molecular weight is 348 g/mol. The molecular formula is C21H20N2O3. The van der Waals surface area contributed by atoms with Crippen molar-refractivity contribution in [3.8, 4) is 0 Å². The Morgan fingerprint density at radius 2 is 1.62 bits per heavy atom. The highest BCUT2D eigenvalue weighted by atomic mass is 16.2. The van der Waals surface area contributed by atoms with Crippen LogP contribution in [0.1, 0.15) is 19.3 Å². The van der Waals surface area contributed by atoms with Crippen molar-refractivity contribution in [1.82, 2.24) is 4.90 Å². The van der Waals surface area contributed by atoms with E-state index in [1.165, 1.54) is 4.90 Å². The molecule has 1 aliphatic carbocycles. The normalized spacial score (nSPS) is 21.9. The lowest BCUT2D eigenvalue weighted by Gasteiger charge is -2.14. The maximum absolute atomic E-state index is 12.4. The number of carbonyl (C=O) groups excluding carboxylic acids is 3. The molecule has 1 N–H and O–H groups in total. The molecule has 1 aliphatic heterocycles. The quantitative estimate of drug-likeness (QED) is 0.682.